The number of benzene rings is 2. The molecule has 0 saturated heterocycles. The van der Waals surface area contributed by atoms with Gasteiger partial charge in [0.15, 0.2) is 0 Å². The highest BCUT2D eigenvalue weighted by molar-refractivity contribution is 7.87. The number of para-hydroxylation sites is 1. The van der Waals surface area contributed by atoms with Gasteiger partial charge in [-0.3, -0.25) is 0 Å². The second-order valence-electron chi connectivity index (χ2n) is 6.20. The highest BCUT2D eigenvalue weighted by Gasteiger charge is 2.49. The number of alkyl halides is 3. The molecule has 29 heavy (non-hydrogen) atoms. The Morgan fingerprint density at radius 2 is 1.69 bits per heavy atom. The average molecular weight is 422 g/mol. The van der Waals surface area contributed by atoms with Gasteiger partial charge >= 0.3 is 15.6 Å². The van der Waals surface area contributed by atoms with Gasteiger partial charge in [0.2, 0.25) is 0 Å². The third kappa shape index (κ3) is 3.75. The molecule has 150 valence electrons. The number of nitrogens with zero attached hydrogens (tertiary/aromatic N) is 2. The lowest BCUT2D eigenvalue weighted by atomic mass is 10.0. The van der Waals surface area contributed by atoms with Gasteiger partial charge in [0.25, 0.3) is 5.88 Å². The van der Waals surface area contributed by atoms with Gasteiger partial charge in [0, 0.05) is 12.0 Å². The van der Waals surface area contributed by atoms with E-state index in [2.05, 4.69) is 14.2 Å². The minimum Gasteiger partial charge on any atom is -0.486 e. The summed E-state index contributed by atoms with van der Waals surface area (Å²) in [5.74, 6) is -0.163. The van der Waals surface area contributed by atoms with Gasteiger partial charge in [-0.15, -0.1) is 0 Å². The Balaban J connectivity index is 1.84. The smallest absolute Gasteiger partial charge is 0.486 e. The van der Waals surface area contributed by atoms with E-state index < -0.39 is 21.5 Å². The largest absolute Gasteiger partial charge is 0.534 e. The number of halogens is 3. The Hall–Kier alpha value is -3.14. The molecule has 3 aromatic rings. The van der Waals surface area contributed by atoms with Gasteiger partial charge in [-0.25, -0.2) is 9.97 Å². The molecule has 2 heterocycles. The molecule has 4 rings (SSSR count). The fraction of sp³-hybridized carbons (Fsp3) is 0.158. The van der Waals surface area contributed by atoms with Gasteiger partial charge in [-0.2, -0.15) is 21.6 Å². The Morgan fingerprint density at radius 3 is 2.41 bits per heavy atom. The molecule has 1 aliphatic rings. The predicted molar refractivity (Wildman–Crippen MR) is 96.7 cm³/mol. The van der Waals surface area contributed by atoms with Crippen molar-refractivity contribution in [3.8, 4) is 22.9 Å². The topological polar surface area (TPSA) is 78.4 Å². The second kappa shape index (κ2) is 7.03. The summed E-state index contributed by atoms with van der Waals surface area (Å²) < 4.78 is 71.4. The Labute approximate surface area is 164 Å². The van der Waals surface area contributed by atoms with E-state index in [1.807, 2.05) is 0 Å². The molecule has 0 saturated carbocycles. The van der Waals surface area contributed by atoms with Crippen LogP contribution in [0.25, 0.3) is 11.3 Å². The van der Waals surface area contributed by atoms with Gasteiger partial charge in [0.1, 0.15) is 23.7 Å². The lowest BCUT2D eigenvalue weighted by Crippen LogP contribution is -2.29. The van der Waals surface area contributed by atoms with Crippen molar-refractivity contribution in [2.45, 2.75) is 18.5 Å². The van der Waals surface area contributed by atoms with Crippen LogP contribution < -0.4 is 8.92 Å². The normalized spacial score (nSPS) is 13.2. The molecule has 1 aromatic heterocycles. The quantitative estimate of drug-likeness (QED) is 0.469. The van der Waals surface area contributed by atoms with Crippen LogP contribution in [0.15, 0.2) is 54.6 Å². The molecule has 0 atom stereocenters. The molecule has 6 nitrogen and oxygen atoms in total. The van der Waals surface area contributed by atoms with Gasteiger partial charge in [-0.1, -0.05) is 42.5 Å². The molecule has 0 radical (unpaired) electrons. The predicted octanol–water partition coefficient (Wildman–Crippen LogP) is 3.86. The van der Waals surface area contributed by atoms with Crippen LogP contribution in [-0.4, -0.2) is 23.9 Å². The fourth-order valence-corrected chi connectivity index (χ4v) is 3.30. The molecule has 2 aromatic carbocycles. The first-order valence-corrected chi connectivity index (χ1v) is 9.82. The van der Waals surface area contributed by atoms with Crippen LogP contribution >= 0.6 is 0 Å². The minimum absolute atomic E-state index is 0.0283. The van der Waals surface area contributed by atoms with Crippen molar-refractivity contribution >= 4 is 10.1 Å². The van der Waals surface area contributed by atoms with Crippen molar-refractivity contribution in [2.24, 2.45) is 0 Å². The summed E-state index contributed by atoms with van der Waals surface area (Å²) >= 11 is 0. The minimum atomic E-state index is -5.90. The summed E-state index contributed by atoms with van der Waals surface area (Å²) in [6.45, 7) is -0.0760. The SMILES string of the molecule is O=S(=O)(Oc1nc2c(nc1Cc1ccccc1)-c1ccccc1OC2)C(F)(F)F. The Morgan fingerprint density at radius 1 is 1.00 bits per heavy atom. The molecule has 0 spiro atoms. The van der Waals surface area contributed by atoms with E-state index in [9.17, 15) is 21.6 Å². The van der Waals surface area contributed by atoms with Gasteiger partial charge < -0.3 is 8.92 Å². The van der Waals surface area contributed by atoms with Crippen molar-refractivity contribution in [2.75, 3.05) is 0 Å². The van der Waals surface area contributed by atoms with Crippen LogP contribution in [-0.2, 0) is 23.1 Å². The number of aromatic nitrogens is 2. The van der Waals surface area contributed by atoms with Gasteiger partial charge in [0.05, 0.1) is 5.69 Å². The zero-order chi connectivity index (χ0) is 20.6. The van der Waals surface area contributed by atoms with E-state index in [-0.39, 0.29) is 24.4 Å². The maximum Gasteiger partial charge on any atom is 0.534 e. The highest BCUT2D eigenvalue weighted by atomic mass is 32.2. The number of hydrogen-bond acceptors (Lipinski definition) is 6. The molecule has 0 fully saturated rings. The van der Waals surface area contributed by atoms with Crippen molar-refractivity contribution < 1.29 is 30.5 Å². The summed E-state index contributed by atoms with van der Waals surface area (Å²) in [4.78, 5) is 8.43. The average Bonchev–Trinajstić information content (AvgIpc) is 2.68. The third-order valence-electron chi connectivity index (χ3n) is 4.20. The summed E-state index contributed by atoms with van der Waals surface area (Å²) in [7, 11) is -5.90. The molecule has 0 aliphatic carbocycles. The number of fused-ring (bicyclic) bond motifs is 3. The zero-order valence-corrected chi connectivity index (χ0v) is 15.5. The van der Waals surface area contributed by atoms with Crippen molar-refractivity contribution in [1.29, 1.82) is 0 Å². The van der Waals surface area contributed by atoms with Crippen molar-refractivity contribution in [1.82, 2.24) is 9.97 Å². The van der Waals surface area contributed by atoms with E-state index in [0.717, 1.165) is 0 Å². The molecule has 10 heteroatoms. The van der Waals surface area contributed by atoms with E-state index in [1.165, 1.54) is 0 Å². The lowest BCUT2D eigenvalue weighted by molar-refractivity contribution is -0.0501. The number of ether oxygens (including phenoxy) is 1. The van der Waals surface area contributed by atoms with E-state index >= 15 is 0 Å². The number of hydrogen-bond donors (Lipinski definition) is 0. The summed E-state index contributed by atoms with van der Waals surface area (Å²) in [5.41, 5.74) is -3.70. The molecule has 0 N–H and O–H groups in total. The zero-order valence-electron chi connectivity index (χ0n) is 14.7. The summed E-state index contributed by atoms with van der Waals surface area (Å²) in [6, 6.07) is 15.7. The fourth-order valence-electron chi connectivity index (χ4n) is 2.86. The second-order valence-corrected chi connectivity index (χ2v) is 7.74. The first kappa shape index (κ1) is 19.2. The molecular weight excluding hydrogens is 409 g/mol. The first-order chi connectivity index (χ1) is 13.7. The molecule has 0 unspecified atom stereocenters. The summed E-state index contributed by atoms with van der Waals surface area (Å²) in [5, 5.41) is 0. The molecule has 0 amide bonds. The van der Waals surface area contributed by atoms with Crippen LogP contribution in [0.5, 0.6) is 11.6 Å². The molecule has 1 aliphatic heterocycles. The van der Waals surface area contributed by atoms with Gasteiger partial charge in [-0.05, 0) is 17.7 Å². The maximum atomic E-state index is 12.8. The van der Waals surface area contributed by atoms with Crippen LogP contribution in [0.3, 0.4) is 0 Å². The molecular formula is C19H13F3N2O4S. The Bertz CT molecular complexity index is 1170. The summed E-state index contributed by atoms with van der Waals surface area (Å²) in [6.07, 6.45) is 0.0346. The van der Waals surface area contributed by atoms with Crippen molar-refractivity contribution in [3.05, 3.63) is 71.5 Å². The first-order valence-electron chi connectivity index (χ1n) is 8.41. The standard InChI is InChI=1S/C19H13F3N2O4S/c20-19(21,22)29(25,26)28-18-14(10-12-6-2-1-3-7-12)23-17-13-8-4-5-9-16(13)27-11-15(17)24-18/h1-9H,10-11H2. The highest BCUT2D eigenvalue weighted by Crippen LogP contribution is 2.38. The van der Waals surface area contributed by atoms with Crippen molar-refractivity contribution in [3.63, 3.8) is 0 Å². The van der Waals surface area contributed by atoms with E-state index in [1.54, 1.807) is 54.6 Å². The van der Waals surface area contributed by atoms with Crippen LogP contribution in [0.2, 0.25) is 0 Å². The number of rotatable bonds is 4. The van der Waals surface area contributed by atoms with Crippen LogP contribution in [0, 0.1) is 0 Å². The van der Waals surface area contributed by atoms with E-state index in [4.69, 9.17) is 4.74 Å². The Kier molecular flexibility index (Phi) is 4.65. The van der Waals surface area contributed by atoms with Crippen LogP contribution in [0.4, 0.5) is 13.2 Å². The lowest BCUT2D eigenvalue weighted by Gasteiger charge is -2.21. The molecule has 0 bridgehead atoms. The van der Waals surface area contributed by atoms with E-state index in [0.29, 0.717) is 22.6 Å². The third-order valence-corrected chi connectivity index (χ3v) is 5.14. The maximum absolute atomic E-state index is 12.8. The monoisotopic (exact) mass is 422 g/mol. The van der Waals surface area contributed by atoms with Crippen LogP contribution in [0.1, 0.15) is 17.0 Å².